The van der Waals surface area contributed by atoms with E-state index in [2.05, 4.69) is 24.4 Å². The summed E-state index contributed by atoms with van der Waals surface area (Å²) in [6.07, 6.45) is 1.45. The van der Waals surface area contributed by atoms with Crippen molar-refractivity contribution in [3.63, 3.8) is 0 Å². The normalized spacial score (nSPS) is 11.2. The Morgan fingerprint density at radius 3 is 2.59 bits per heavy atom. The Morgan fingerprint density at radius 2 is 1.85 bits per heavy atom. The summed E-state index contributed by atoms with van der Waals surface area (Å²) >= 11 is 0. The van der Waals surface area contributed by atoms with Crippen LogP contribution in [-0.2, 0) is 0 Å². The average Bonchev–Trinajstić information content (AvgIpc) is 2.68. The summed E-state index contributed by atoms with van der Waals surface area (Å²) in [7, 11) is 0. The molecule has 0 saturated carbocycles. The second-order valence-electron chi connectivity index (χ2n) is 6.65. The molecule has 0 saturated heterocycles. The summed E-state index contributed by atoms with van der Waals surface area (Å²) in [6, 6.07) is 18.0. The average molecular weight is 362 g/mol. The smallest absolute Gasteiger partial charge is 0.271 e. The zero-order valence-electron chi connectivity index (χ0n) is 15.3. The van der Waals surface area contributed by atoms with E-state index in [0.29, 0.717) is 23.7 Å². The fourth-order valence-electron chi connectivity index (χ4n) is 2.61. The minimum absolute atomic E-state index is 0.110. The number of carbonyl (C=O) groups excluding carboxylic acids is 1. The highest BCUT2D eigenvalue weighted by atomic mass is 16.5. The van der Waals surface area contributed by atoms with Gasteiger partial charge in [-0.3, -0.25) is 4.79 Å². The highest BCUT2D eigenvalue weighted by molar-refractivity contribution is 6.03. The molecule has 0 radical (unpaired) electrons. The number of hydrogen-bond acceptors (Lipinski definition) is 4. The van der Waals surface area contributed by atoms with Crippen molar-refractivity contribution in [2.45, 2.75) is 13.8 Å². The summed E-state index contributed by atoms with van der Waals surface area (Å²) in [4.78, 5) is 12.2. The van der Waals surface area contributed by atoms with Gasteiger partial charge in [0.05, 0.1) is 12.8 Å². The van der Waals surface area contributed by atoms with Gasteiger partial charge in [-0.1, -0.05) is 44.2 Å². The van der Waals surface area contributed by atoms with Crippen molar-refractivity contribution in [2.75, 3.05) is 6.61 Å². The van der Waals surface area contributed by atoms with Crippen LogP contribution in [0.4, 0.5) is 0 Å². The fraction of sp³-hybridized carbons (Fsp3) is 0.182. The number of hydrazone groups is 1. The molecule has 3 aromatic carbocycles. The number of benzene rings is 3. The summed E-state index contributed by atoms with van der Waals surface area (Å²) in [5, 5.41) is 15.9. The van der Waals surface area contributed by atoms with Gasteiger partial charge in [-0.25, -0.2) is 5.43 Å². The number of aromatic hydroxyl groups is 1. The molecular formula is C22H22N2O3. The van der Waals surface area contributed by atoms with Crippen LogP contribution in [0.1, 0.15) is 29.8 Å². The highest BCUT2D eigenvalue weighted by Gasteiger charge is 2.07. The van der Waals surface area contributed by atoms with Gasteiger partial charge in [-0.2, -0.15) is 5.10 Å². The molecule has 27 heavy (non-hydrogen) atoms. The number of nitrogens with zero attached hydrogens (tertiary/aromatic N) is 1. The van der Waals surface area contributed by atoms with Crippen molar-refractivity contribution in [1.29, 1.82) is 0 Å². The number of nitrogens with one attached hydrogen (secondary N) is 1. The van der Waals surface area contributed by atoms with E-state index in [-0.39, 0.29) is 11.7 Å². The molecule has 0 atom stereocenters. The number of rotatable bonds is 6. The van der Waals surface area contributed by atoms with E-state index in [0.717, 1.165) is 16.5 Å². The molecule has 5 nitrogen and oxygen atoms in total. The van der Waals surface area contributed by atoms with Gasteiger partial charge in [-0.05, 0) is 47.0 Å². The molecule has 138 valence electrons. The quantitative estimate of drug-likeness (QED) is 0.506. The maximum absolute atomic E-state index is 12.2. The predicted octanol–water partition coefficient (Wildman–Crippen LogP) is 4.34. The number of phenolic OH excluding ortho intramolecular Hbond substituents is 1. The SMILES string of the molecule is CC(C)COc1ccc(C(=O)NN=Cc2c(O)ccc3ccccc23)cc1. The maximum atomic E-state index is 12.2. The van der Waals surface area contributed by atoms with Gasteiger partial charge in [0.2, 0.25) is 0 Å². The van der Waals surface area contributed by atoms with Crippen molar-refractivity contribution < 1.29 is 14.6 Å². The summed E-state index contributed by atoms with van der Waals surface area (Å²) in [6.45, 7) is 4.78. The van der Waals surface area contributed by atoms with E-state index in [1.54, 1.807) is 30.3 Å². The topological polar surface area (TPSA) is 70.9 Å². The first-order chi connectivity index (χ1) is 13.0. The third-order valence-electron chi connectivity index (χ3n) is 4.01. The summed E-state index contributed by atoms with van der Waals surface area (Å²) < 4.78 is 5.61. The first-order valence-corrected chi connectivity index (χ1v) is 8.81. The van der Waals surface area contributed by atoms with E-state index in [1.165, 1.54) is 6.21 Å². The second kappa shape index (κ2) is 8.36. The molecule has 3 rings (SSSR count). The van der Waals surface area contributed by atoms with E-state index in [4.69, 9.17) is 4.74 Å². The van der Waals surface area contributed by atoms with Crippen LogP contribution in [0, 0.1) is 5.92 Å². The van der Waals surface area contributed by atoms with Crippen LogP contribution < -0.4 is 10.2 Å². The monoisotopic (exact) mass is 362 g/mol. The van der Waals surface area contributed by atoms with Crippen molar-refractivity contribution in [3.8, 4) is 11.5 Å². The summed E-state index contributed by atoms with van der Waals surface area (Å²) in [5.74, 6) is 0.942. The van der Waals surface area contributed by atoms with E-state index >= 15 is 0 Å². The van der Waals surface area contributed by atoms with Gasteiger partial charge in [0.15, 0.2) is 0 Å². The molecule has 0 bridgehead atoms. The number of amides is 1. The van der Waals surface area contributed by atoms with Crippen LogP contribution in [0.2, 0.25) is 0 Å². The molecule has 0 heterocycles. The van der Waals surface area contributed by atoms with Gasteiger partial charge in [0.1, 0.15) is 11.5 Å². The largest absolute Gasteiger partial charge is 0.507 e. The lowest BCUT2D eigenvalue weighted by molar-refractivity contribution is 0.0955. The minimum atomic E-state index is -0.332. The number of carbonyl (C=O) groups is 1. The standard InChI is InChI=1S/C22H22N2O3/c1-15(2)14-27-18-10-7-17(8-11-18)22(26)24-23-13-20-19-6-4-3-5-16(19)9-12-21(20)25/h3-13,15,25H,14H2,1-2H3,(H,24,26). The Balaban J connectivity index is 1.68. The molecular weight excluding hydrogens is 340 g/mol. The first-order valence-electron chi connectivity index (χ1n) is 8.81. The molecule has 0 unspecified atom stereocenters. The molecule has 1 amide bonds. The minimum Gasteiger partial charge on any atom is -0.507 e. The maximum Gasteiger partial charge on any atom is 0.271 e. The second-order valence-corrected chi connectivity index (χ2v) is 6.65. The molecule has 0 aliphatic heterocycles. The lowest BCUT2D eigenvalue weighted by atomic mass is 10.0. The molecule has 3 aromatic rings. The van der Waals surface area contributed by atoms with Gasteiger partial charge in [0.25, 0.3) is 5.91 Å². The van der Waals surface area contributed by atoms with Crippen molar-refractivity contribution in [1.82, 2.24) is 5.43 Å². The van der Waals surface area contributed by atoms with E-state index in [9.17, 15) is 9.90 Å². The number of phenols is 1. The Labute approximate surface area is 158 Å². The lowest BCUT2D eigenvalue weighted by Gasteiger charge is -2.09. The van der Waals surface area contributed by atoms with Crippen molar-refractivity contribution in [3.05, 3.63) is 71.8 Å². The number of hydrogen-bond donors (Lipinski definition) is 2. The van der Waals surface area contributed by atoms with Crippen LogP contribution >= 0.6 is 0 Å². The van der Waals surface area contributed by atoms with Gasteiger partial charge < -0.3 is 9.84 Å². The van der Waals surface area contributed by atoms with Crippen LogP contribution in [-0.4, -0.2) is 23.8 Å². The zero-order chi connectivity index (χ0) is 19.2. The third kappa shape index (κ3) is 4.64. The molecule has 0 aliphatic carbocycles. The fourth-order valence-corrected chi connectivity index (χ4v) is 2.61. The van der Waals surface area contributed by atoms with Crippen molar-refractivity contribution in [2.24, 2.45) is 11.0 Å². The van der Waals surface area contributed by atoms with E-state index in [1.807, 2.05) is 30.3 Å². The first kappa shape index (κ1) is 18.5. The molecule has 0 fully saturated rings. The number of ether oxygens (including phenoxy) is 1. The number of fused-ring (bicyclic) bond motifs is 1. The van der Waals surface area contributed by atoms with Crippen LogP contribution in [0.25, 0.3) is 10.8 Å². The van der Waals surface area contributed by atoms with Crippen LogP contribution in [0.3, 0.4) is 0 Å². The Kier molecular flexibility index (Phi) is 5.71. The van der Waals surface area contributed by atoms with Gasteiger partial charge >= 0.3 is 0 Å². The lowest BCUT2D eigenvalue weighted by Crippen LogP contribution is -2.17. The molecule has 5 heteroatoms. The van der Waals surface area contributed by atoms with Crippen LogP contribution in [0.15, 0.2) is 65.8 Å². The van der Waals surface area contributed by atoms with Crippen LogP contribution in [0.5, 0.6) is 11.5 Å². The Bertz CT molecular complexity index is 963. The molecule has 0 aliphatic rings. The van der Waals surface area contributed by atoms with E-state index < -0.39 is 0 Å². The zero-order valence-corrected chi connectivity index (χ0v) is 15.3. The molecule has 0 spiro atoms. The molecule has 0 aromatic heterocycles. The Hall–Kier alpha value is -3.34. The highest BCUT2D eigenvalue weighted by Crippen LogP contribution is 2.25. The Morgan fingerprint density at radius 1 is 1.11 bits per heavy atom. The molecule has 2 N–H and O–H groups in total. The third-order valence-corrected chi connectivity index (χ3v) is 4.01. The summed E-state index contributed by atoms with van der Waals surface area (Å²) in [5.41, 5.74) is 3.53. The van der Waals surface area contributed by atoms with Gasteiger partial charge in [0, 0.05) is 11.1 Å². The van der Waals surface area contributed by atoms with Gasteiger partial charge in [-0.15, -0.1) is 0 Å². The van der Waals surface area contributed by atoms with Crippen molar-refractivity contribution >= 4 is 22.9 Å². The predicted molar refractivity (Wildman–Crippen MR) is 107 cm³/mol.